The van der Waals surface area contributed by atoms with Crippen LogP contribution in [0.3, 0.4) is 0 Å². The molecule has 0 spiro atoms. The Morgan fingerprint density at radius 1 is 1.55 bits per heavy atom. The molecule has 2 N–H and O–H groups in total. The predicted molar refractivity (Wildman–Crippen MR) is 65.0 cm³/mol. The fourth-order valence-corrected chi connectivity index (χ4v) is 2.22. The maximum Gasteiger partial charge on any atom is 0.411 e. The molecule has 0 bridgehead atoms. The van der Waals surface area contributed by atoms with Crippen molar-refractivity contribution in [3.05, 3.63) is 18.2 Å². The van der Waals surface area contributed by atoms with E-state index in [1.807, 2.05) is 0 Å². The molecule has 20 heavy (non-hydrogen) atoms. The van der Waals surface area contributed by atoms with Gasteiger partial charge in [0.15, 0.2) is 0 Å². The Balaban J connectivity index is 1.85. The molecule has 114 valence electrons. The fourth-order valence-electron chi connectivity index (χ4n) is 2.22. The van der Waals surface area contributed by atoms with Crippen molar-refractivity contribution in [2.75, 3.05) is 26.4 Å². The highest BCUT2D eigenvalue weighted by Gasteiger charge is 2.28. The van der Waals surface area contributed by atoms with E-state index in [2.05, 4.69) is 9.72 Å². The molecule has 1 fully saturated rings. The van der Waals surface area contributed by atoms with Crippen LogP contribution in [-0.4, -0.2) is 42.2 Å². The molecule has 1 aliphatic heterocycles. The number of rotatable bonds is 6. The zero-order chi connectivity index (χ0) is 14.6. The maximum atomic E-state index is 12.0. The Hall–Kier alpha value is -1.12. The van der Waals surface area contributed by atoms with Gasteiger partial charge in [0.1, 0.15) is 6.61 Å². The molecule has 1 aromatic heterocycles. The first-order valence-electron chi connectivity index (χ1n) is 6.45. The third-order valence-corrected chi connectivity index (χ3v) is 3.30. The maximum absolute atomic E-state index is 12.0. The van der Waals surface area contributed by atoms with E-state index in [1.165, 1.54) is 0 Å². The molecule has 8 heteroatoms. The molecule has 0 radical (unpaired) electrons. The van der Waals surface area contributed by atoms with Crippen molar-refractivity contribution >= 4 is 0 Å². The van der Waals surface area contributed by atoms with Crippen molar-refractivity contribution in [3.8, 4) is 0 Å². The fraction of sp³-hybridized carbons (Fsp3) is 0.750. The Morgan fingerprint density at radius 2 is 2.35 bits per heavy atom. The SMILES string of the molecule is NC(c1cncn1CCOCC(F)(F)F)C1CCOC1. The smallest absolute Gasteiger partial charge is 0.381 e. The van der Waals surface area contributed by atoms with Crippen LogP contribution in [0.15, 0.2) is 12.5 Å². The molecule has 5 nitrogen and oxygen atoms in total. The number of hydrogen-bond donors (Lipinski definition) is 1. The molecule has 2 unspecified atom stereocenters. The standard InChI is InChI=1S/C12H18F3N3O2/c13-12(14,15)7-20-4-2-18-8-17-5-10(18)11(16)9-1-3-19-6-9/h5,8-9,11H,1-4,6-7,16H2. The number of hydrogen-bond acceptors (Lipinski definition) is 4. The van der Waals surface area contributed by atoms with Gasteiger partial charge < -0.3 is 19.8 Å². The lowest BCUT2D eigenvalue weighted by Crippen LogP contribution is -2.25. The average Bonchev–Trinajstić information content (AvgIpc) is 3.03. The summed E-state index contributed by atoms with van der Waals surface area (Å²) in [6, 6.07) is -0.220. The molecule has 0 saturated carbocycles. The van der Waals surface area contributed by atoms with E-state index in [0.29, 0.717) is 19.8 Å². The van der Waals surface area contributed by atoms with E-state index in [4.69, 9.17) is 10.5 Å². The number of alkyl halides is 3. The van der Waals surface area contributed by atoms with Crippen LogP contribution in [-0.2, 0) is 16.0 Å². The predicted octanol–water partition coefficient (Wildman–Crippen LogP) is 1.50. The topological polar surface area (TPSA) is 62.3 Å². The van der Waals surface area contributed by atoms with Crippen molar-refractivity contribution in [1.82, 2.24) is 9.55 Å². The summed E-state index contributed by atoms with van der Waals surface area (Å²) in [6.45, 7) is 0.334. The van der Waals surface area contributed by atoms with Gasteiger partial charge in [0, 0.05) is 25.3 Å². The molecule has 1 aliphatic rings. The molecule has 1 saturated heterocycles. The first-order valence-corrected chi connectivity index (χ1v) is 6.45. The highest BCUT2D eigenvalue weighted by atomic mass is 19.4. The number of nitrogens with zero attached hydrogens (tertiary/aromatic N) is 2. The van der Waals surface area contributed by atoms with Gasteiger partial charge in [-0.25, -0.2) is 4.98 Å². The van der Waals surface area contributed by atoms with Gasteiger partial charge in [-0.15, -0.1) is 0 Å². The van der Waals surface area contributed by atoms with Crippen molar-refractivity contribution in [1.29, 1.82) is 0 Å². The van der Waals surface area contributed by atoms with Crippen LogP contribution in [0.2, 0.25) is 0 Å². The summed E-state index contributed by atoms with van der Waals surface area (Å²) in [5, 5.41) is 0. The van der Waals surface area contributed by atoms with Gasteiger partial charge in [0.05, 0.1) is 31.3 Å². The second-order valence-corrected chi connectivity index (χ2v) is 4.83. The number of aromatic nitrogens is 2. The van der Waals surface area contributed by atoms with Gasteiger partial charge in [0.2, 0.25) is 0 Å². The van der Waals surface area contributed by atoms with E-state index in [-0.39, 0.29) is 18.6 Å². The van der Waals surface area contributed by atoms with Crippen molar-refractivity contribution in [3.63, 3.8) is 0 Å². The highest BCUT2D eigenvalue weighted by Crippen LogP contribution is 2.26. The van der Waals surface area contributed by atoms with Crippen LogP contribution < -0.4 is 5.73 Å². The summed E-state index contributed by atoms with van der Waals surface area (Å²) < 4.78 is 47.5. The number of halogens is 3. The summed E-state index contributed by atoms with van der Waals surface area (Å²) in [7, 11) is 0. The summed E-state index contributed by atoms with van der Waals surface area (Å²) in [5.74, 6) is 0.224. The minimum Gasteiger partial charge on any atom is -0.381 e. The van der Waals surface area contributed by atoms with E-state index in [9.17, 15) is 13.2 Å². The number of nitrogens with two attached hydrogens (primary N) is 1. The van der Waals surface area contributed by atoms with Gasteiger partial charge in [-0.05, 0) is 6.42 Å². The van der Waals surface area contributed by atoms with Crippen LogP contribution in [0.4, 0.5) is 13.2 Å². The van der Waals surface area contributed by atoms with Gasteiger partial charge in [-0.1, -0.05) is 0 Å². The molecule has 2 heterocycles. The van der Waals surface area contributed by atoms with E-state index in [0.717, 1.165) is 12.1 Å². The second kappa shape index (κ2) is 6.55. The molecular weight excluding hydrogens is 275 g/mol. The minimum atomic E-state index is -4.30. The quantitative estimate of drug-likeness (QED) is 0.807. The first-order chi connectivity index (χ1) is 9.47. The summed E-state index contributed by atoms with van der Waals surface area (Å²) in [6.07, 6.45) is -0.207. The lowest BCUT2D eigenvalue weighted by atomic mass is 9.97. The van der Waals surface area contributed by atoms with Crippen molar-refractivity contribution < 1.29 is 22.6 Å². The number of ether oxygens (including phenoxy) is 2. The Bertz CT molecular complexity index is 416. The van der Waals surface area contributed by atoms with Gasteiger partial charge >= 0.3 is 6.18 Å². The monoisotopic (exact) mass is 293 g/mol. The molecule has 0 amide bonds. The van der Waals surface area contributed by atoms with Crippen LogP contribution in [0.5, 0.6) is 0 Å². The van der Waals surface area contributed by atoms with E-state index < -0.39 is 12.8 Å². The summed E-state index contributed by atoms with van der Waals surface area (Å²) in [4.78, 5) is 4.01. The van der Waals surface area contributed by atoms with Crippen LogP contribution >= 0.6 is 0 Å². The summed E-state index contributed by atoms with van der Waals surface area (Å²) in [5.41, 5.74) is 6.96. The molecule has 0 aliphatic carbocycles. The lowest BCUT2D eigenvalue weighted by molar-refractivity contribution is -0.174. The van der Waals surface area contributed by atoms with Crippen LogP contribution in [0, 0.1) is 5.92 Å². The highest BCUT2D eigenvalue weighted by molar-refractivity contribution is 5.07. The Morgan fingerprint density at radius 3 is 3.00 bits per heavy atom. The first kappa shape index (κ1) is 15.3. The van der Waals surface area contributed by atoms with E-state index >= 15 is 0 Å². The largest absolute Gasteiger partial charge is 0.411 e. The van der Waals surface area contributed by atoms with Crippen LogP contribution in [0.1, 0.15) is 18.2 Å². The molecule has 0 aromatic carbocycles. The lowest BCUT2D eigenvalue weighted by Gasteiger charge is -2.19. The van der Waals surface area contributed by atoms with Gasteiger partial charge in [-0.2, -0.15) is 13.2 Å². The molecule has 1 aromatic rings. The minimum absolute atomic E-state index is 0.0310. The third kappa shape index (κ3) is 4.19. The zero-order valence-corrected chi connectivity index (χ0v) is 11.0. The average molecular weight is 293 g/mol. The Kier molecular flexibility index (Phi) is 5.00. The normalized spacial score (nSPS) is 21.3. The molecular formula is C12H18F3N3O2. The van der Waals surface area contributed by atoms with Crippen molar-refractivity contribution in [2.45, 2.75) is 25.2 Å². The van der Waals surface area contributed by atoms with Crippen molar-refractivity contribution in [2.24, 2.45) is 11.7 Å². The van der Waals surface area contributed by atoms with Gasteiger partial charge in [-0.3, -0.25) is 0 Å². The van der Waals surface area contributed by atoms with Gasteiger partial charge in [0.25, 0.3) is 0 Å². The molecule has 2 atom stereocenters. The Labute approximate surface area is 114 Å². The second-order valence-electron chi connectivity index (χ2n) is 4.83. The molecule has 2 rings (SSSR count). The van der Waals surface area contributed by atoms with E-state index in [1.54, 1.807) is 17.1 Å². The van der Waals surface area contributed by atoms with Crippen LogP contribution in [0.25, 0.3) is 0 Å². The zero-order valence-electron chi connectivity index (χ0n) is 11.0. The number of imidazole rings is 1. The third-order valence-electron chi connectivity index (χ3n) is 3.30. The summed E-state index contributed by atoms with van der Waals surface area (Å²) >= 11 is 0.